The maximum Gasteiger partial charge on any atom is 0.330 e. The smallest absolute Gasteiger partial charge is 0.330 e. The molecule has 0 aromatic heterocycles. The molecule has 1 aliphatic rings. The predicted molar refractivity (Wildman–Crippen MR) is 159 cm³/mol. The monoisotopic (exact) mass is 550 g/mol. The number of carbonyl (C=O) groups excluding carboxylic acids is 2. The third-order valence-electron chi connectivity index (χ3n) is 5.86. The van der Waals surface area contributed by atoms with Crippen molar-refractivity contribution < 1.29 is 28.5 Å². The third kappa shape index (κ3) is 11.4. The van der Waals surface area contributed by atoms with Crippen molar-refractivity contribution in [3.8, 4) is 29.4 Å². The Labute approximate surface area is 242 Å². The Morgan fingerprint density at radius 3 is 2.00 bits per heavy atom. The average Bonchev–Trinajstić information content (AvgIpc) is 3.00. The Bertz CT molecular complexity index is 1420. The summed E-state index contributed by atoms with van der Waals surface area (Å²) in [5, 5.41) is 0. The van der Waals surface area contributed by atoms with Gasteiger partial charge in [-0.05, 0) is 73.5 Å². The van der Waals surface area contributed by atoms with Crippen LogP contribution in [-0.4, -0.2) is 38.4 Å². The van der Waals surface area contributed by atoms with E-state index in [1.54, 1.807) is 0 Å². The lowest BCUT2D eigenvalue weighted by Gasteiger charge is -2.13. The van der Waals surface area contributed by atoms with Gasteiger partial charge in [-0.2, -0.15) is 0 Å². The van der Waals surface area contributed by atoms with Crippen molar-refractivity contribution in [3.63, 3.8) is 0 Å². The summed E-state index contributed by atoms with van der Waals surface area (Å²) in [4.78, 5) is 22.0. The van der Waals surface area contributed by atoms with Gasteiger partial charge in [0.2, 0.25) is 0 Å². The van der Waals surface area contributed by atoms with Crippen molar-refractivity contribution in [1.82, 2.24) is 0 Å². The Balaban J connectivity index is 1.46. The maximum atomic E-state index is 11.0. The largest absolute Gasteiger partial charge is 0.498 e. The second kappa shape index (κ2) is 16.9. The minimum absolute atomic E-state index is 0.296. The van der Waals surface area contributed by atoms with Crippen LogP contribution in [0.5, 0.6) is 5.75 Å². The molecule has 210 valence electrons. The fraction of sp³-hybridized carbons (Fsp3) is 0.257. The van der Waals surface area contributed by atoms with Crippen molar-refractivity contribution in [2.45, 2.75) is 32.6 Å². The third-order valence-corrected chi connectivity index (χ3v) is 5.86. The number of carbonyl (C=O) groups is 2. The highest BCUT2D eigenvalue weighted by atomic mass is 16.5. The average molecular weight is 551 g/mol. The van der Waals surface area contributed by atoms with Gasteiger partial charge in [-0.1, -0.05) is 36.8 Å². The zero-order valence-electron chi connectivity index (χ0n) is 23.4. The summed E-state index contributed by atoms with van der Waals surface area (Å²) in [6, 6.07) is 13.6. The van der Waals surface area contributed by atoms with Gasteiger partial charge in [0.25, 0.3) is 0 Å². The lowest BCUT2D eigenvalue weighted by atomic mass is 10.0. The molecular weight excluding hydrogens is 516 g/mol. The molecule has 0 amide bonds. The van der Waals surface area contributed by atoms with Crippen molar-refractivity contribution in [2.24, 2.45) is 0 Å². The Hall–Kier alpha value is -4.94. The zero-order valence-corrected chi connectivity index (χ0v) is 23.4. The van der Waals surface area contributed by atoms with E-state index in [-0.39, 0.29) is 0 Å². The quantitative estimate of drug-likeness (QED) is 0.140. The van der Waals surface area contributed by atoms with Gasteiger partial charge in [0, 0.05) is 53.7 Å². The Morgan fingerprint density at radius 2 is 1.39 bits per heavy atom. The normalized spacial score (nSPS) is 11.7. The maximum absolute atomic E-state index is 11.0. The lowest BCUT2D eigenvalue weighted by molar-refractivity contribution is -0.138. The van der Waals surface area contributed by atoms with Crippen LogP contribution in [0.25, 0.3) is 0 Å². The number of benzene rings is 2. The van der Waals surface area contributed by atoms with Gasteiger partial charge in [-0.15, -0.1) is 0 Å². The standard InChI is InChI=1S/C35H34O6/c1-4-34(36)40-24-6-22-38-32-18-12-28(13-19-32)8-9-30-11-17-31(27(3)26-30)16-10-29-14-20-33(21-15-29)39-23-7-25-41-35(37)5-2/h4-5,11-14,17-20,26H,1-2,6-7,15,21-25H2,3H3. The Kier molecular flexibility index (Phi) is 12.6. The van der Waals surface area contributed by atoms with E-state index in [1.165, 1.54) is 0 Å². The van der Waals surface area contributed by atoms with E-state index in [0.717, 1.165) is 64.3 Å². The second-order valence-electron chi connectivity index (χ2n) is 9.03. The fourth-order valence-electron chi connectivity index (χ4n) is 3.63. The molecule has 0 aliphatic heterocycles. The van der Waals surface area contributed by atoms with E-state index in [0.29, 0.717) is 39.3 Å². The number of ether oxygens (including phenoxy) is 4. The molecule has 0 saturated carbocycles. The van der Waals surface area contributed by atoms with Crippen LogP contribution in [0.1, 0.15) is 47.9 Å². The van der Waals surface area contributed by atoms with E-state index < -0.39 is 11.9 Å². The molecule has 0 saturated heterocycles. The van der Waals surface area contributed by atoms with Gasteiger partial charge in [-0.25, -0.2) is 9.59 Å². The van der Waals surface area contributed by atoms with E-state index in [9.17, 15) is 9.59 Å². The first-order chi connectivity index (χ1) is 20.0. The van der Waals surface area contributed by atoms with E-state index in [4.69, 9.17) is 18.9 Å². The molecule has 0 atom stereocenters. The van der Waals surface area contributed by atoms with Crippen LogP contribution < -0.4 is 4.74 Å². The van der Waals surface area contributed by atoms with Gasteiger partial charge in [0.15, 0.2) is 0 Å². The molecule has 0 spiro atoms. The number of aryl methyl sites for hydroxylation is 1. The van der Waals surface area contributed by atoms with Crippen LogP contribution in [0, 0.1) is 30.6 Å². The first-order valence-corrected chi connectivity index (χ1v) is 13.5. The van der Waals surface area contributed by atoms with Crippen LogP contribution in [-0.2, 0) is 23.8 Å². The van der Waals surface area contributed by atoms with Crippen LogP contribution in [0.15, 0.2) is 91.3 Å². The molecule has 0 bridgehead atoms. The van der Waals surface area contributed by atoms with Crippen LogP contribution in [0.3, 0.4) is 0 Å². The fourth-order valence-corrected chi connectivity index (χ4v) is 3.63. The molecule has 6 nitrogen and oxygen atoms in total. The molecule has 0 N–H and O–H groups in total. The summed E-state index contributed by atoms with van der Waals surface area (Å²) < 4.78 is 21.3. The number of hydrogen-bond acceptors (Lipinski definition) is 6. The van der Waals surface area contributed by atoms with Gasteiger partial charge in [0.1, 0.15) is 5.75 Å². The van der Waals surface area contributed by atoms with E-state index in [2.05, 4.69) is 36.8 Å². The number of allylic oxidation sites excluding steroid dienone is 4. The minimum Gasteiger partial charge on any atom is -0.498 e. The highest BCUT2D eigenvalue weighted by molar-refractivity contribution is 5.81. The highest BCUT2D eigenvalue weighted by Gasteiger charge is 2.06. The van der Waals surface area contributed by atoms with E-state index in [1.807, 2.05) is 61.5 Å². The highest BCUT2D eigenvalue weighted by Crippen LogP contribution is 2.19. The summed E-state index contributed by atoms with van der Waals surface area (Å²) >= 11 is 0. The molecule has 1 aliphatic carbocycles. The summed E-state index contributed by atoms with van der Waals surface area (Å²) in [5.74, 6) is 13.8. The lowest BCUT2D eigenvalue weighted by Crippen LogP contribution is -2.06. The minimum atomic E-state index is -0.429. The topological polar surface area (TPSA) is 71.1 Å². The number of rotatable bonds is 12. The van der Waals surface area contributed by atoms with Crippen molar-refractivity contribution in [2.75, 3.05) is 26.4 Å². The molecule has 6 heteroatoms. The summed E-state index contributed by atoms with van der Waals surface area (Å²) in [6.45, 7) is 10.3. The molecule has 0 radical (unpaired) electrons. The predicted octanol–water partition coefficient (Wildman–Crippen LogP) is 5.98. The van der Waals surface area contributed by atoms with Gasteiger partial charge < -0.3 is 18.9 Å². The molecular formula is C35H34O6. The van der Waals surface area contributed by atoms with Crippen LogP contribution >= 0.6 is 0 Å². The molecule has 2 aromatic carbocycles. The van der Waals surface area contributed by atoms with Crippen molar-refractivity contribution >= 4 is 11.9 Å². The van der Waals surface area contributed by atoms with Crippen molar-refractivity contribution in [3.05, 3.63) is 114 Å². The summed E-state index contributed by atoms with van der Waals surface area (Å²) in [7, 11) is 0. The van der Waals surface area contributed by atoms with E-state index >= 15 is 0 Å². The van der Waals surface area contributed by atoms with Gasteiger partial charge in [0.05, 0.1) is 32.2 Å². The molecule has 3 rings (SSSR count). The van der Waals surface area contributed by atoms with Gasteiger partial charge in [-0.3, -0.25) is 0 Å². The summed E-state index contributed by atoms with van der Waals surface area (Å²) in [6.07, 6.45) is 9.10. The molecule has 0 unspecified atom stereocenters. The first kappa shape index (κ1) is 30.6. The van der Waals surface area contributed by atoms with Crippen LogP contribution in [0.2, 0.25) is 0 Å². The second-order valence-corrected chi connectivity index (χ2v) is 9.03. The Morgan fingerprint density at radius 1 is 0.756 bits per heavy atom. The molecule has 0 heterocycles. The van der Waals surface area contributed by atoms with Crippen molar-refractivity contribution in [1.29, 1.82) is 0 Å². The summed E-state index contributed by atoms with van der Waals surface area (Å²) in [5.41, 5.74) is 4.90. The SMILES string of the molecule is C=CC(=O)OCCCOC1=CC=C(C#Cc2ccc(C#Cc3ccc(OCCCOC(=O)C=C)cc3)cc2C)CC1. The molecule has 41 heavy (non-hydrogen) atoms. The number of hydrogen-bond donors (Lipinski definition) is 0. The van der Waals surface area contributed by atoms with Crippen LogP contribution in [0.4, 0.5) is 0 Å². The zero-order chi connectivity index (χ0) is 29.3. The number of esters is 2. The molecule has 2 aromatic rings. The first-order valence-electron chi connectivity index (χ1n) is 13.5. The molecule has 0 fully saturated rings. The van der Waals surface area contributed by atoms with Gasteiger partial charge >= 0.3 is 11.9 Å².